The summed E-state index contributed by atoms with van der Waals surface area (Å²) in [6.45, 7) is -0.140. The molecule has 0 radical (unpaired) electrons. The summed E-state index contributed by atoms with van der Waals surface area (Å²) in [5, 5.41) is 13.2. The number of hydrogen-bond acceptors (Lipinski definition) is 4. The molecule has 3 N–H and O–H groups in total. The van der Waals surface area contributed by atoms with Crippen LogP contribution < -0.4 is 10.6 Å². The molecule has 0 spiro atoms. The van der Waals surface area contributed by atoms with Gasteiger partial charge in [-0.25, -0.2) is 9.59 Å². The van der Waals surface area contributed by atoms with Crippen LogP contribution in [0.2, 0.25) is 0 Å². The van der Waals surface area contributed by atoms with Crippen LogP contribution in [0, 0.1) is 0 Å². The zero-order valence-electron chi connectivity index (χ0n) is 17.3. The van der Waals surface area contributed by atoms with Crippen molar-refractivity contribution in [2.24, 2.45) is 0 Å². The molecule has 0 aromatic heterocycles. The molecule has 2 aromatic rings. The number of ether oxygens (including phenoxy) is 1. The fourth-order valence-corrected chi connectivity index (χ4v) is 4.06. The Kier molecular flexibility index (Phi) is 5.77. The van der Waals surface area contributed by atoms with E-state index in [-0.39, 0.29) is 25.4 Å². The lowest BCUT2D eigenvalue weighted by atomic mass is 9.98. The molecule has 2 amide bonds. The third-order valence-electron chi connectivity index (χ3n) is 5.91. The first kappa shape index (κ1) is 22.6. The Balaban J connectivity index is 1.44. The average Bonchev–Trinajstić information content (AvgIpc) is 3.47. The molecule has 1 fully saturated rings. The minimum atomic E-state index is -4.77. The third-order valence-corrected chi connectivity index (χ3v) is 5.91. The third kappa shape index (κ3) is 4.79. The van der Waals surface area contributed by atoms with Crippen molar-refractivity contribution in [2.45, 2.75) is 42.9 Å². The van der Waals surface area contributed by atoms with E-state index < -0.39 is 42.1 Å². The first-order valence-corrected chi connectivity index (χ1v) is 10.3. The van der Waals surface area contributed by atoms with E-state index in [4.69, 9.17) is 9.84 Å². The minimum absolute atomic E-state index is 0.109. The van der Waals surface area contributed by atoms with Crippen molar-refractivity contribution in [3.8, 4) is 11.1 Å². The second-order valence-electron chi connectivity index (χ2n) is 8.22. The highest BCUT2D eigenvalue weighted by Gasteiger charge is 2.53. The van der Waals surface area contributed by atoms with E-state index in [0.717, 1.165) is 22.3 Å². The van der Waals surface area contributed by atoms with Crippen LogP contribution in [0.5, 0.6) is 0 Å². The SMILES string of the molecule is O=C(NC(CC(F)(F)F)C(=O)NC1(C(=O)O)CC1)OCC1c2ccccc2-c2ccccc21. The molecule has 1 saturated carbocycles. The number of halogens is 3. The highest BCUT2D eigenvalue weighted by molar-refractivity contribution is 5.93. The molecule has 0 aliphatic heterocycles. The number of nitrogens with one attached hydrogen (secondary N) is 2. The minimum Gasteiger partial charge on any atom is -0.480 e. The lowest BCUT2D eigenvalue weighted by molar-refractivity contribution is -0.151. The van der Waals surface area contributed by atoms with Gasteiger partial charge in [-0.15, -0.1) is 0 Å². The normalized spacial score (nSPS) is 16.8. The Morgan fingerprint density at radius 3 is 2.06 bits per heavy atom. The number of alkyl carbamates (subject to hydrolysis) is 1. The number of fused-ring (bicyclic) bond motifs is 3. The van der Waals surface area contributed by atoms with Crippen molar-refractivity contribution in [1.82, 2.24) is 10.6 Å². The van der Waals surface area contributed by atoms with Gasteiger partial charge < -0.3 is 20.5 Å². The van der Waals surface area contributed by atoms with Gasteiger partial charge in [0, 0.05) is 5.92 Å². The summed E-state index contributed by atoms with van der Waals surface area (Å²) in [7, 11) is 0. The van der Waals surface area contributed by atoms with Gasteiger partial charge >= 0.3 is 18.2 Å². The molecular weight excluding hydrogens is 441 g/mol. The van der Waals surface area contributed by atoms with E-state index in [1.54, 1.807) is 0 Å². The molecule has 2 aliphatic carbocycles. The Bertz CT molecular complexity index is 1050. The molecule has 174 valence electrons. The van der Waals surface area contributed by atoms with Crippen LogP contribution >= 0.6 is 0 Å². The predicted octanol–water partition coefficient (Wildman–Crippen LogP) is 3.58. The van der Waals surface area contributed by atoms with Crippen molar-refractivity contribution >= 4 is 18.0 Å². The van der Waals surface area contributed by atoms with E-state index in [9.17, 15) is 27.6 Å². The molecule has 0 saturated heterocycles. The summed E-state index contributed by atoms with van der Waals surface area (Å²) < 4.78 is 44.2. The van der Waals surface area contributed by atoms with E-state index in [2.05, 4.69) is 5.32 Å². The lowest BCUT2D eigenvalue weighted by Gasteiger charge is -2.22. The zero-order chi connectivity index (χ0) is 23.8. The number of aliphatic carboxylic acids is 1. The Hall–Kier alpha value is -3.56. The molecule has 7 nitrogen and oxygen atoms in total. The van der Waals surface area contributed by atoms with E-state index in [1.165, 1.54) is 0 Å². The van der Waals surface area contributed by atoms with Gasteiger partial charge in [-0.1, -0.05) is 48.5 Å². The largest absolute Gasteiger partial charge is 0.480 e. The molecule has 10 heteroatoms. The number of carboxylic acids is 1. The maximum absolute atomic E-state index is 13.0. The summed E-state index contributed by atoms with van der Waals surface area (Å²) in [6.07, 6.45) is -7.39. The Morgan fingerprint density at radius 1 is 1.03 bits per heavy atom. The van der Waals surface area contributed by atoms with Crippen LogP contribution in [0.3, 0.4) is 0 Å². The number of benzene rings is 2. The second kappa shape index (κ2) is 8.42. The van der Waals surface area contributed by atoms with Gasteiger partial charge in [0.05, 0.1) is 6.42 Å². The zero-order valence-corrected chi connectivity index (χ0v) is 17.3. The average molecular weight is 462 g/mol. The number of amides is 2. The molecule has 0 bridgehead atoms. The molecule has 1 atom stereocenters. The highest BCUT2D eigenvalue weighted by atomic mass is 19.4. The van der Waals surface area contributed by atoms with Crippen LogP contribution in [0.4, 0.5) is 18.0 Å². The summed E-state index contributed by atoms with van der Waals surface area (Å²) in [6, 6.07) is 13.1. The molecule has 1 unspecified atom stereocenters. The van der Waals surface area contributed by atoms with E-state index >= 15 is 0 Å². The van der Waals surface area contributed by atoms with Crippen molar-refractivity contribution in [1.29, 1.82) is 0 Å². The standard InChI is InChI=1S/C23H21F3N2O5/c24-23(25,26)11-18(19(29)28-22(9-10-22)20(30)31)27-21(32)33-12-17-15-7-3-1-5-13(15)14-6-2-4-8-16(14)17/h1-8,17-18H,9-12H2,(H,27,32)(H,28,29)(H,30,31). The maximum atomic E-state index is 13.0. The fraction of sp³-hybridized carbons (Fsp3) is 0.348. The molecule has 2 aromatic carbocycles. The van der Waals surface area contributed by atoms with Crippen LogP contribution in [0.1, 0.15) is 36.3 Å². The quantitative estimate of drug-likeness (QED) is 0.584. The van der Waals surface area contributed by atoms with Crippen LogP contribution in [0.15, 0.2) is 48.5 Å². The Morgan fingerprint density at radius 2 is 1.58 bits per heavy atom. The van der Waals surface area contributed by atoms with Gasteiger partial charge in [0.25, 0.3) is 0 Å². The van der Waals surface area contributed by atoms with Gasteiger partial charge in [-0.3, -0.25) is 4.79 Å². The Labute approximate surface area is 186 Å². The number of carbonyl (C=O) groups excluding carboxylic acids is 2. The molecule has 4 rings (SSSR count). The van der Waals surface area contributed by atoms with Crippen LogP contribution in [0.25, 0.3) is 11.1 Å². The molecule has 0 heterocycles. The summed E-state index contributed by atoms with van der Waals surface area (Å²) in [5.74, 6) is -2.86. The van der Waals surface area contributed by atoms with E-state index in [0.29, 0.717) is 0 Å². The molecular formula is C23H21F3N2O5. The summed E-state index contributed by atoms with van der Waals surface area (Å²) >= 11 is 0. The van der Waals surface area contributed by atoms with E-state index in [1.807, 2.05) is 53.8 Å². The topological polar surface area (TPSA) is 105 Å². The first-order valence-electron chi connectivity index (χ1n) is 10.3. The maximum Gasteiger partial charge on any atom is 0.407 e. The van der Waals surface area contributed by atoms with Crippen LogP contribution in [-0.4, -0.2) is 47.4 Å². The van der Waals surface area contributed by atoms with Gasteiger partial charge in [0.1, 0.15) is 18.2 Å². The number of carboxylic acid groups (broad SMARTS) is 1. The van der Waals surface area contributed by atoms with Crippen LogP contribution in [-0.2, 0) is 14.3 Å². The van der Waals surface area contributed by atoms with Gasteiger partial charge in [-0.2, -0.15) is 13.2 Å². The lowest BCUT2D eigenvalue weighted by Crippen LogP contribution is -2.54. The number of rotatable bonds is 7. The van der Waals surface area contributed by atoms with Crippen molar-refractivity contribution in [2.75, 3.05) is 6.61 Å². The van der Waals surface area contributed by atoms with Crippen molar-refractivity contribution in [3.05, 3.63) is 59.7 Å². The second-order valence-corrected chi connectivity index (χ2v) is 8.22. The number of carbonyl (C=O) groups is 3. The number of alkyl halides is 3. The van der Waals surface area contributed by atoms with Crippen molar-refractivity contribution in [3.63, 3.8) is 0 Å². The molecule has 2 aliphatic rings. The monoisotopic (exact) mass is 462 g/mol. The fourth-order valence-electron chi connectivity index (χ4n) is 4.06. The van der Waals surface area contributed by atoms with Gasteiger partial charge in [-0.05, 0) is 35.1 Å². The van der Waals surface area contributed by atoms with Gasteiger partial charge in [0.2, 0.25) is 5.91 Å². The highest BCUT2D eigenvalue weighted by Crippen LogP contribution is 2.44. The van der Waals surface area contributed by atoms with Gasteiger partial charge in [0.15, 0.2) is 0 Å². The first-order chi connectivity index (χ1) is 15.6. The summed E-state index contributed by atoms with van der Waals surface area (Å²) in [4.78, 5) is 36.0. The predicted molar refractivity (Wildman–Crippen MR) is 110 cm³/mol. The molecule has 33 heavy (non-hydrogen) atoms. The summed E-state index contributed by atoms with van der Waals surface area (Å²) in [5.41, 5.74) is 2.24. The number of hydrogen-bond donors (Lipinski definition) is 3. The van der Waals surface area contributed by atoms with Crippen molar-refractivity contribution < 1.29 is 37.4 Å². The smallest absolute Gasteiger partial charge is 0.407 e.